The summed E-state index contributed by atoms with van der Waals surface area (Å²) in [7, 11) is 0. The lowest BCUT2D eigenvalue weighted by Gasteiger charge is -2.12. The number of benzene rings is 2. The Morgan fingerprint density at radius 2 is 1.74 bits per heavy atom. The Bertz CT molecular complexity index is 1450. The minimum absolute atomic E-state index is 0.106. The van der Waals surface area contributed by atoms with Crippen LogP contribution in [0.2, 0.25) is 0 Å². The summed E-state index contributed by atoms with van der Waals surface area (Å²) in [6, 6.07) is 8.95. The van der Waals surface area contributed by atoms with Gasteiger partial charge in [0, 0.05) is 18.2 Å². The Labute approximate surface area is 197 Å². The van der Waals surface area contributed by atoms with E-state index >= 15 is 0 Å². The van der Waals surface area contributed by atoms with Gasteiger partial charge in [-0.2, -0.15) is 4.98 Å². The van der Waals surface area contributed by atoms with Gasteiger partial charge in [0.2, 0.25) is 25.3 Å². The van der Waals surface area contributed by atoms with Gasteiger partial charge in [0.05, 0.1) is 16.7 Å². The Morgan fingerprint density at radius 1 is 0.971 bits per heavy atom. The smallest absolute Gasteiger partial charge is 0.262 e. The summed E-state index contributed by atoms with van der Waals surface area (Å²) < 4.78 is 28.8. The first-order chi connectivity index (χ1) is 16.7. The molecule has 11 heteroatoms. The van der Waals surface area contributed by atoms with Crippen molar-refractivity contribution in [1.82, 2.24) is 19.7 Å². The van der Waals surface area contributed by atoms with Crippen LogP contribution < -0.4 is 24.5 Å². The van der Waals surface area contributed by atoms with Gasteiger partial charge in [-0.25, -0.2) is 4.98 Å². The molecule has 34 heavy (non-hydrogen) atoms. The zero-order valence-electron chi connectivity index (χ0n) is 18.3. The number of thioether (sulfide) groups is 1. The highest BCUT2D eigenvalue weighted by Crippen LogP contribution is 2.36. The van der Waals surface area contributed by atoms with Crippen LogP contribution in [-0.2, 0) is 12.3 Å². The molecule has 10 nitrogen and oxygen atoms in total. The maximum atomic E-state index is 13.3. The number of ether oxygens (including phenoxy) is 4. The van der Waals surface area contributed by atoms with Gasteiger partial charge < -0.3 is 23.5 Å². The summed E-state index contributed by atoms with van der Waals surface area (Å²) >= 11 is 1.38. The number of fused-ring (bicyclic) bond motifs is 3. The average Bonchev–Trinajstić information content (AvgIpc) is 3.61. The molecule has 0 saturated heterocycles. The summed E-state index contributed by atoms with van der Waals surface area (Å²) in [5, 5.41) is 5.19. The molecule has 2 aliphatic rings. The van der Waals surface area contributed by atoms with Gasteiger partial charge in [-0.05, 0) is 30.7 Å². The van der Waals surface area contributed by atoms with E-state index in [-0.39, 0.29) is 19.1 Å². The summed E-state index contributed by atoms with van der Waals surface area (Å²) in [4.78, 5) is 22.5. The standard InChI is InChI=1S/C23H20N4O6S/c1-2-3-6-27-22(28)14-8-18-19(32-12-31-18)9-15(14)24-23(27)34-10-20-25-21(26-33-20)13-4-5-16-17(7-13)30-11-29-16/h4-5,7-9H,2-3,6,10-12H2,1H3. The molecular weight excluding hydrogens is 460 g/mol. The van der Waals surface area contributed by atoms with Gasteiger partial charge in [0.15, 0.2) is 28.2 Å². The molecule has 2 aliphatic heterocycles. The molecule has 0 spiro atoms. The quantitative estimate of drug-likeness (QED) is 0.284. The van der Waals surface area contributed by atoms with E-state index in [2.05, 4.69) is 17.1 Å². The van der Waals surface area contributed by atoms with Crippen LogP contribution >= 0.6 is 11.8 Å². The van der Waals surface area contributed by atoms with Crippen LogP contribution in [0, 0.1) is 0 Å². The Hall–Kier alpha value is -3.73. The monoisotopic (exact) mass is 480 g/mol. The zero-order valence-corrected chi connectivity index (χ0v) is 19.1. The highest BCUT2D eigenvalue weighted by atomic mass is 32.2. The van der Waals surface area contributed by atoms with Crippen molar-refractivity contribution >= 4 is 22.7 Å². The molecule has 0 fully saturated rings. The predicted octanol–water partition coefficient (Wildman–Crippen LogP) is 4.00. The molecule has 0 unspecified atom stereocenters. The van der Waals surface area contributed by atoms with Crippen molar-refractivity contribution < 1.29 is 23.5 Å². The second-order valence-corrected chi connectivity index (χ2v) is 8.74. The third-order valence-electron chi connectivity index (χ3n) is 5.57. The first-order valence-corrected chi connectivity index (χ1v) is 11.9. The largest absolute Gasteiger partial charge is 0.454 e. The number of rotatable bonds is 7. The minimum Gasteiger partial charge on any atom is -0.454 e. The number of aromatic nitrogens is 4. The molecular formula is C23H20N4O6S. The lowest BCUT2D eigenvalue weighted by molar-refractivity contribution is 0.173. The first kappa shape index (κ1) is 20.8. The molecule has 2 aromatic heterocycles. The van der Waals surface area contributed by atoms with Crippen LogP contribution in [0.5, 0.6) is 23.0 Å². The van der Waals surface area contributed by atoms with Crippen LogP contribution in [0.1, 0.15) is 25.7 Å². The number of hydrogen-bond donors (Lipinski definition) is 0. The third kappa shape index (κ3) is 3.71. The fourth-order valence-corrected chi connectivity index (χ4v) is 4.67. The van der Waals surface area contributed by atoms with Crippen molar-refractivity contribution in [2.45, 2.75) is 37.2 Å². The molecule has 0 radical (unpaired) electrons. The van der Waals surface area contributed by atoms with E-state index in [0.717, 1.165) is 18.4 Å². The van der Waals surface area contributed by atoms with Crippen molar-refractivity contribution in [1.29, 1.82) is 0 Å². The maximum absolute atomic E-state index is 13.3. The Balaban J connectivity index is 1.28. The van der Waals surface area contributed by atoms with Crippen LogP contribution in [0.15, 0.2) is 44.8 Å². The molecule has 0 N–H and O–H groups in total. The molecule has 4 aromatic rings. The van der Waals surface area contributed by atoms with Crippen molar-refractivity contribution in [3.8, 4) is 34.4 Å². The normalized spacial score (nSPS) is 13.7. The lowest BCUT2D eigenvalue weighted by atomic mass is 10.2. The van der Waals surface area contributed by atoms with Crippen LogP contribution in [0.3, 0.4) is 0 Å². The molecule has 6 rings (SSSR count). The van der Waals surface area contributed by atoms with Crippen LogP contribution in [0.4, 0.5) is 0 Å². The minimum atomic E-state index is -0.106. The van der Waals surface area contributed by atoms with E-state index in [1.54, 1.807) is 16.7 Å². The SMILES string of the molecule is CCCCn1c(SCc2nc(-c3ccc4c(c3)OCO4)no2)nc2cc3c(cc2c1=O)OCO3. The van der Waals surface area contributed by atoms with Gasteiger partial charge in [0.1, 0.15) is 0 Å². The van der Waals surface area contributed by atoms with Gasteiger partial charge in [0.25, 0.3) is 5.56 Å². The highest BCUT2D eigenvalue weighted by Gasteiger charge is 2.20. The third-order valence-corrected chi connectivity index (χ3v) is 6.53. The molecule has 2 aromatic carbocycles. The lowest BCUT2D eigenvalue weighted by Crippen LogP contribution is -2.23. The summed E-state index contributed by atoms with van der Waals surface area (Å²) in [5.74, 6) is 3.75. The molecule has 4 heterocycles. The Morgan fingerprint density at radius 3 is 2.56 bits per heavy atom. The van der Waals surface area contributed by atoms with E-state index in [1.807, 2.05) is 18.2 Å². The second kappa shape index (κ2) is 8.56. The van der Waals surface area contributed by atoms with E-state index in [4.69, 9.17) is 28.5 Å². The van der Waals surface area contributed by atoms with Gasteiger partial charge in [-0.15, -0.1) is 0 Å². The number of unbranched alkanes of at least 4 members (excludes halogenated alkanes) is 1. The van der Waals surface area contributed by atoms with Gasteiger partial charge >= 0.3 is 0 Å². The summed E-state index contributed by atoms with van der Waals surface area (Å²) in [6.45, 7) is 3.00. The molecule has 0 saturated carbocycles. The molecule has 0 aliphatic carbocycles. The Kier molecular flexibility index (Phi) is 5.25. The van der Waals surface area contributed by atoms with Crippen LogP contribution in [0.25, 0.3) is 22.3 Å². The van der Waals surface area contributed by atoms with Crippen molar-refractivity contribution in [2.75, 3.05) is 13.6 Å². The van der Waals surface area contributed by atoms with Crippen molar-refractivity contribution in [2.24, 2.45) is 0 Å². The maximum Gasteiger partial charge on any atom is 0.262 e. The fourth-order valence-electron chi connectivity index (χ4n) is 3.81. The molecule has 0 bridgehead atoms. The van der Waals surface area contributed by atoms with E-state index < -0.39 is 0 Å². The van der Waals surface area contributed by atoms with Crippen molar-refractivity contribution in [3.63, 3.8) is 0 Å². The molecule has 0 amide bonds. The average molecular weight is 481 g/mol. The summed E-state index contributed by atoms with van der Waals surface area (Å²) in [6.07, 6.45) is 1.82. The van der Waals surface area contributed by atoms with Gasteiger partial charge in [-0.1, -0.05) is 30.3 Å². The van der Waals surface area contributed by atoms with E-state index in [9.17, 15) is 4.79 Å². The zero-order chi connectivity index (χ0) is 23.1. The van der Waals surface area contributed by atoms with E-state index in [1.165, 1.54) is 11.8 Å². The number of hydrogen-bond acceptors (Lipinski definition) is 10. The van der Waals surface area contributed by atoms with Gasteiger partial charge in [-0.3, -0.25) is 9.36 Å². The topological polar surface area (TPSA) is 111 Å². The predicted molar refractivity (Wildman–Crippen MR) is 122 cm³/mol. The summed E-state index contributed by atoms with van der Waals surface area (Å²) in [5.41, 5.74) is 1.23. The molecule has 0 atom stereocenters. The second-order valence-electron chi connectivity index (χ2n) is 7.80. The van der Waals surface area contributed by atoms with E-state index in [0.29, 0.717) is 63.1 Å². The van der Waals surface area contributed by atoms with Crippen LogP contribution in [-0.4, -0.2) is 33.3 Å². The van der Waals surface area contributed by atoms with Crippen molar-refractivity contribution in [3.05, 3.63) is 46.6 Å². The molecule has 174 valence electrons. The fraction of sp³-hybridized carbons (Fsp3) is 0.304. The number of nitrogens with zero attached hydrogens (tertiary/aromatic N) is 4. The first-order valence-electron chi connectivity index (χ1n) is 10.9. The highest BCUT2D eigenvalue weighted by molar-refractivity contribution is 7.98.